The van der Waals surface area contributed by atoms with Crippen LogP contribution in [0.3, 0.4) is 0 Å². The highest BCUT2D eigenvalue weighted by atomic mass is 16.5. The second kappa shape index (κ2) is 9.33. The van der Waals surface area contributed by atoms with Crippen LogP contribution in [0.5, 0.6) is 5.75 Å². The molecule has 0 radical (unpaired) electrons. The molecule has 168 valence electrons. The van der Waals surface area contributed by atoms with Crippen LogP contribution in [0.25, 0.3) is 0 Å². The minimum Gasteiger partial charge on any atom is -0.480 e. The van der Waals surface area contributed by atoms with Crippen molar-refractivity contribution in [2.45, 2.75) is 50.7 Å². The lowest BCUT2D eigenvalue weighted by atomic mass is 9.84. The Morgan fingerprint density at radius 2 is 1.84 bits per heavy atom. The number of nitrogens with one attached hydrogen (secondary N) is 1. The van der Waals surface area contributed by atoms with E-state index in [0.29, 0.717) is 43.3 Å². The number of morpholine rings is 1. The lowest BCUT2D eigenvalue weighted by Crippen LogP contribution is -2.48. The van der Waals surface area contributed by atoms with E-state index in [-0.39, 0.29) is 17.9 Å². The van der Waals surface area contributed by atoms with Crippen LogP contribution in [0.4, 0.5) is 5.69 Å². The highest BCUT2D eigenvalue weighted by Crippen LogP contribution is 2.31. The summed E-state index contributed by atoms with van der Waals surface area (Å²) in [4.78, 5) is 27.8. The topological polar surface area (TPSA) is 67.9 Å². The van der Waals surface area contributed by atoms with Crippen molar-refractivity contribution in [1.82, 2.24) is 4.90 Å². The van der Waals surface area contributed by atoms with Crippen LogP contribution in [0.1, 0.15) is 48.0 Å². The van der Waals surface area contributed by atoms with Crippen molar-refractivity contribution in [3.8, 4) is 5.75 Å². The highest BCUT2D eigenvalue weighted by molar-refractivity contribution is 5.98. The molecule has 2 amide bonds. The molecule has 5 rings (SSSR count). The Balaban J connectivity index is 1.22. The van der Waals surface area contributed by atoms with Gasteiger partial charge in [-0.15, -0.1) is 0 Å². The third kappa shape index (κ3) is 4.51. The average molecular weight is 435 g/mol. The third-order valence-corrected chi connectivity index (χ3v) is 6.87. The quantitative estimate of drug-likeness (QED) is 0.788. The molecular weight excluding hydrogens is 404 g/mol. The zero-order valence-electron chi connectivity index (χ0n) is 18.3. The number of amides is 2. The molecule has 2 atom stereocenters. The van der Waals surface area contributed by atoms with Crippen LogP contribution in [0.15, 0.2) is 48.5 Å². The maximum Gasteiger partial charge on any atom is 0.265 e. The molecule has 1 saturated heterocycles. The zero-order valence-corrected chi connectivity index (χ0v) is 18.3. The molecular formula is C26H30N2O4. The number of fused-ring (bicyclic) bond motifs is 1. The molecule has 2 unspecified atom stereocenters. The van der Waals surface area contributed by atoms with Gasteiger partial charge in [-0.1, -0.05) is 43.5 Å². The van der Waals surface area contributed by atoms with E-state index in [1.807, 2.05) is 41.3 Å². The molecule has 6 heteroatoms. The fourth-order valence-electron chi connectivity index (χ4n) is 5.11. The summed E-state index contributed by atoms with van der Waals surface area (Å²) in [7, 11) is 0. The first-order valence-corrected chi connectivity index (χ1v) is 11.7. The van der Waals surface area contributed by atoms with Crippen molar-refractivity contribution in [2.75, 3.05) is 25.0 Å². The van der Waals surface area contributed by atoms with Crippen molar-refractivity contribution in [2.24, 2.45) is 5.92 Å². The average Bonchev–Trinajstić information content (AvgIpc) is 3.29. The van der Waals surface area contributed by atoms with Crippen molar-refractivity contribution in [1.29, 1.82) is 0 Å². The first kappa shape index (κ1) is 21.0. The Morgan fingerprint density at radius 3 is 2.69 bits per heavy atom. The van der Waals surface area contributed by atoms with Gasteiger partial charge >= 0.3 is 0 Å². The molecule has 2 aromatic rings. The lowest BCUT2D eigenvalue weighted by Gasteiger charge is -2.38. The number of carbonyl (C=O) groups excluding carboxylic acids is 2. The molecule has 2 aromatic carbocycles. The summed E-state index contributed by atoms with van der Waals surface area (Å²) < 4.78 is 11.8. The number of benzene rings is 2. The molecule has 2 heterocycles. The van der Waals surface area contributed by atoms with E-state index in [9.17, 15) is 9.59 Å². The Labute approximate surface area is 188 Å². The van der Waals surface area contributed by atoms with Crippen LogP contribution in [0.2, 0.25) is 0 Å². The third-order valence-electron chi connectivity index (χ3n) is 6.87. The summed E-state index contributed by atoms with van der Waals surface area (Å²) in [6, 6.07) is 14.9. The van der Waals surface area contributed by atoms with Gasteiger partial charge in [0, 0.05) is 30.8 Å². The molecule has 0 spiro atoms. The van der Waals surface area contributed by atoms with E-state index < -0.39 is 6.10 Å². The van der Waals surface area contributed by atoms with Crippen LogP contribution in [-0.4, -0.2) is 48.6 Å². The SMILES string of the molecule is O=C(Nc1cccc(C(=O)N2CCOC(C3CCCCC3)C2)c1)C1Cc2ccccc2O1. The molecule has 0 bridgehead atoms. The van der Waals surface area contributed by atoms with Gasteiger partial charge in [-0.05, 0) is 48.6 Å². The molecule has 32 heavy (non-hydrogen) atoms. The summed E-state index contributed by atoms with van der Waals surface area (Å²) in [5.41, 5.74) is 2.23. The smallest absolute Gasteiger partial charge is 0.265 e. The molecule has 1 N–H and O–H groups in total. The van der Waals surface area contributed by atoms with E-state index in [1.165, 1.54) is 32.1 Å². The number of carbonyl (C=O) groups is 2. The summed E-state index contributed by atoms with van der Waals surface area (Å²) >= 11 is 0. The Kier molecular flexibility index (Phi) is 6.12. The first-order chi connectivity index (χ1) is 15.7. The summed E-state index contributed by atoms with van der Waals surface area (Å²) in [6.45, 7) is 1.84. The molecule has 2 fully saturated rings. The normalized spacial score (nSPS) is 23.3. The van der Waals surface area contributed by atoms with E-state index >= 15 is 0 Å². The van der Waals surface area contributed by atoms with Crippen molar-refractivity contribution >= 4 is 17.5 Å². The molecule has 6 nitrogen and oxygen atoms in total. The van der Waals surface area contributed by atoms with Gasteiger partial charge in [0.05, 0.1) is 12.7 Å². The van der Waals surface area contributed by atoms with Gasteiger partial charge in [0.1, 0.15) is 5.75 Å². The predicted octanol–water partition coefficient (Wildman–Crippen LogP) is 4.05. The minimum atomic E-state index is -0.553. The monoisotopic (exact) mass is 434 g/mol. The van der Waals surface area contributed by atoms with E-state index in [0.717, 1.165) is 11.3 Å². The number of hydrogen-bond acceptors (Lipinski definition) is 4. The largest absolute Gasteiger partial charge is 0.480 e. The standard InChI is InChI=1S/C26H30N2O4/c29-25(23-16-19-9-4-5-12-22(19)32-23)27-21-11-6-10-20(15-21)26(30)28-13-14-31-24(17-28)18-7-2-1-3-8-18/h4-6,9-12,15,18,23-24H,1-3,7-8,13-14,16-17H2,(H,27,29). The van der Waals surface area contributed by atoms with Gasteiger partial charge in [0.15, 0.2) is 6.10 Å². The zero-order chi connectivity index (χ0) is 21.9. The highest BCUT2D eigenvalue weighted by Gasteiger charge is 2.32. The van der Waals surface area contributed by atoms with E-state index in [4.69, 9.17) is 9.47 Å². The molecule has 1 aliphatic carbocycles. The summed E-state index contributed by atoms with van der Waals surface area (Å²) in [6.07, 6.45) is 6.35. The number of ether oxygens (including phenoxy) is 2. The Hall–Kier alpha value is -2.86. The van der Waals surface area contributed by atoms with Crippen molar-refractivity contribution in [3.05, 3.63) is 59.7 Å². The fraction of sp³-hybridized carbons (Fsp3) is 0.462. The maximum absolute atomic E-state index is 13.2. The molecule has 3 aliphatic rings. The summed E-state index contributed by atoms with van der Waals surface area (Å²) in [5, 5.41) is 2.92. The Morgan fingerprint density at radius 1 is 1.00 bits per heavy atom. The van der Waals surface area contributed by atoms with Gasteiger partial charge in [0.2, 0.25) is 0 Å². The minimum absolute atomic E-state index is 0.00488. The first-order valence-electron chi connectivity index (χ1n) is 11.7. The van der Waals surface area contributed by atoms with Gasteiger partial charge in [-0.3, -0.25) is 9.59 Å². The van der Waals surface area contributed by atoms with Gasteiger partial charge in [-0.25, -0.2) is 0 Å². The second-order valence-electron chi connectivity index (χ2n) is 9.05. The Bertz CT molecular complexity index is 960. The van der Waals surface area contributed by atoms with E-state index in [1.54, 1.807) is 12.1 Å². The number of rotatable bonds is 4. The lowest BCUT2D eigenvalue weighted by molar-refractivity contribution is -0.122. The summed E-state index contributed by atoms with van der Waals surface area (Å²) in [5.74, 6) is 1.11. The van der Waals surface area contributed by atoms with Gasteiger partial charge in [0.25, 0.3) is 11.8 Å². The van der Waals surface area contributed by atoms with Crippen LogP contribution in [0, 0.1) is 5.92 Å². The number of para-hydroxylation sites is 1. The number of hydrogen-bond donors (Lipinski definition) is 1. The van der Waals surface area contributed by atoms with Crippen molar-refractivity contribution < 1.29 is 19.1 Å². The van der Waals surface area contributed by atoms with Crippen molar-refractivity contribution in [3.63, 3.8) is 0 Å². The molecule has 0 aromatic heterocycles. The fourth-order valence-corrected chi connectivity index (χ4v) is 5.11. The molecule has 1 saturated carbocycles. The van der Waals surface area contributed by atoms with Gasteiger partial charge < -0.3 is 19.7 Å². The van der Waals surface area contributed by atoms with Crippen LogP contribution >= 0.6 is 0 Å². The second-order valence-corrected chi connectivity index (χ2v) is 9.05. The number of nitrogens with zero attached hydrogens (tertiary/aromatic N) is 1. The van der Waals surface area contributed by atoms with E-state index in [2.05, 4.69) is 5.32 Å². The van der Waals surface area contributed by atoms with Gasteiger partial charge in [-0.2, -0.15) is 0 Å². The van der Waals surface area contributed by atoms with Crippen LogP contribution in [-0.2, 0) is 16.0 Å². The maximum atomic E-state index is 13.2. The predicted molar refractivity (Wildman–Crippen MR) is 122 cm³/mol. The molecule has 2 aliphatic heterocycles. The number of anilines is 1. The van der Waals surface area contributed by atoms with Crippen LogP contribution < -0.4 is 10.1 Å².